The molecule has 10 nitrogen and oxygen atoms in total. The Bertz CT molecular complexity index is 1800. The predicted octanol–water partition coefficient (Wildman–Crippen LogP) is 6.64. The maximum Gasteiger partial charge on any atom is 0.415 e. The number of ether oxygens (including phenoxy) is 2. The summed E-state index contributed by atoms with van der Waals surface area (Å²) in [4.78, 5) is 36.6. The van der Waals surface area contributed by atoms with Crippen LogP contribution in [0.5, 0.6) is 5.88 Å². The van der Waals surface area contributed by atoms with Crippen molar-refractivity contribution in [1.29, 1.82) is 0 Å². The van der Waals surface area contributed by atoms with Crippen molar-refractivity contribution in [3.05, 3.63) is 58.9 Å². The summed E-state index contributed by atoms with van der Waals surface area (Å²) in [5.74, 6) is -0.0263. The molecule has 1 aliphatic heterocycles. The Labute approximate surface area is 259 Å². The summed E-state index contributed by atoms with van der Waals surface area (Å²) in [6.45, 7) is 9.72. The van der Waals surface area contributed by atoms with Gasteiger partial charge in [0.2, 0.25) is 11.8 Å². The van der Waals surface area contributed by atoms with Gasteiger partial charge in [0.15, 0.2) is 0 Å². The van der Waals surface area contributed by atoms with Crippen molar-refractivity contribution in [2.75, 3.05) is 23.4 Å². The Morgan fingerprint density at radius 1 is 1.18 bits per heavy atom. The van der Waals surface area contributed by atoms with E-state index in [0.29, 0.717) is 33.4 Å². The molecular weight excluding hydrogens is 587 g/mol. The molecule has 1 N–H and O–H groups in total. The van der Waals surface area contributed by atoms with Gasteiger partial charge in [-0.25, -0.2) is 19.2 Å². The third-order valence-electron chi connectivity index (χ3n) is 8.21. The fourth-order valence-corrected chi connectivity index (χ4v) is 6.38. The zero-order valence-electron chi connectivity index (χ0n) is 25.4. The highest BCUT2D eigenvalue weighted by atomic mass is 35.5. The predicted molar refractivity (Wildman–Crippen MR) is 166 cm³/mol. The molecule has 3 atom stereocenters. The van der Waals surface area contributed by atoms with Gasteiger partial charge in [-0.1, -0.05) is 24.9 Å². The van der Waals surface area contributed by atoms with E-state index in [0.717, 1.165) is 12.0 Å². The number of fused-ring (bicyclic) bond motifs is 2. The van der Waals surface area contributed by atoms with Crippen molar-refractivity contribution in [1.82, 2.24) is 19.7 Å². The minimum absolute atomic E-state index is 0.105. The van der Waals surface area contributed by atoms with Crippen LogP contribution >= 0.6 is 11.6 Å². The lowest BCUT2D eigenvalue weighted by Crippen LogP contribution is -2.42. The summed E-state index contributed by atoms with van der Waals surface area (Å²) in [6, 6.07) is 3.33. The zero-order valence-corrected chi connectivity index (χ0v) is 26.2. The first-order chi connectivity index (χ1) is 20.9. The molecule has 1 unspecified atom stereocenters. The van der Waals surface area contributed by atoms with Crippen LogP contribution in [0.2, 0.25) is 5.02 Å². The van der Waals surface area contributed by atoms with E-state index in [1.807, 2.05) is 19.4 Å². The van der Waals surface area contributed by atoms with E-state index >= 15 is 4.39 Å². The van der Waals surface area contributed by atoms with Gasteiger partial charge in [0, 0.05) is 54.0 Å². The second-order valence-electron chi connectivity index (χ2n) is 12.3. The first kappa shape index (κ1) is 29.8. The molecule has 0 bridgehead atoms. The van der Waals surface area contributed by atoms with Crippen LogP contribution in [-0.2, 0) is 16.6 Å². The number of aryl methyl sites for hydroxylation is 1. The minimum Gasteiger partial charge on any atom is -0.474 e. The van der Waals surface area contributed by atoms with E-state index in [1.54, 1.807) is 44.5 Å². The van der Waals surface area contributed by atoms with Gasteiger partial charge in [-0.05, 0) is 62.3 Å². The van der Waals surface area contributed by atoms with Gasteiger partial charge in [-0.15, -0.1) is 0 Å². The second-order valence-corrected chi connectivity index (χ2v) is 12.7. The number of anilines is 2. The van der Waals surface area contributed by atoms with Crippen LogP contribution in [0, 0.1) is 24.6 Å². The maximum absolute atomic E-state index is 15.8. The highest BCUT2D eigenvalue weighted by molar-refractivity contribution is 6.36. The molecule has 12 heteroatoms. The molecule has 1 aromatic carbocycles. The van der Waals surface area contributed by atoms with E-state index < -0.39 is 17.5 Å². The zero-order chi connectivity index (χ0) is 31.5. The number of halogens is 2. The van der Waals surface area contributed by atoms with Crippen LogP contribution in [0.4, 0.5) is 20.7 Å². The topological polar surface area (TPSA) is 111 Å². The van der Waals surface area contributed by atoms with Gasteiger partial charge in [0.05, 0.1) is 17.8 Å². The van der Waals surface area contributed by atoms with Crippen molar-refractivity contribution in [2.45, 2.75) is 52.6 Å². The Kier molecular flexibility index (Phi) is 7.47. The third-order valence-corrected chi connectivity index (χ3v) is 8.58. The van der Waals surface area contributed by atoms with E-state index in [2.05, 4.69) is 27.3 Å². The van der Waals surface area contributed by atoms with Gasteiger partial charge in [-0.2, -0.15) is 5.10 Å². The first-order valence-corrected chi connectivity index (χ1v) is 15.0. The van der Waals surface area contributed by atoms with Crippen molar-refractivity contribution < 1.29 is 23.5 Å². The van der Waals surface area contributed by atoms with Gasteiger partial charge < -0.3 is 14.8 Å². The molecule has 4 heterocycles. The molecule has 0 spiro atoms. The number of aromatic nitrogens is 4. The maximum atomic E-state index is 15.8. The Hall–Kier alpha value is -4.25. The van der Waals surface area contributed by atoms with Crippen molar-refractivity contribution in [2.24, 2.45) is 18.9 Å². The van der Waals surface area contributed by atoms with Crippen LogP contribution in [0.3, 0.4) is 0 Å². The number of hydrogen-bond donors (Lipinski definition) is 1. The number of hydrogen-bond acceptors (Lipinski definition) is 7. The Morgan fingerprint density at radius 3 is 2.64 bits per heavy atom. The fourth-order valence-electron chi connectivity index (χ4n) is 6.12. The number of nitrogens with one attached hydrogen (secondary N) is 1. The van der Waals surface area contributed by atoms with Gasteiger partial charge in [-0.3, -0.25) is 14.4 Å². The summed E-state index contributed by atoms with van der Waals surface area (Å²) in [7, 11) is 1.86. The summed E-state index contributed by atoms with van der Waals surface area (Å²) >= 11 is 6.53. The van der Waals surface area contributed by atoms with E-state index in [4.69, 9.17) is 21.1 Å². The molecule has 44 heavy (non-hydrogen) atoms. The van der Waals surface area contributed by atoms with Gasteiger partial charge >= 0.3 is 6.09 Å². The molecule has 4 aromatic rings. The SMILES string of the molecule is CC[C@H]1C(c2cnn(C)c2)[C@H]1C(=O)Nc1cc2cc(-c3cnc4c(c3C)N(C(=O)OC(C)(C)C)CCO4)c(F)c(Cl)c2cn1. The quantitative estimate of drug-likeness (QED) is 0.266. The monoisotopic (exact) mass is 620 g/mol. The lowest BCUT2D eigenvalue weighted by Gasteiger charge is -2.32. The standard InChI is InChI=1S/C32H34ClFN6O4/c1-7-19-24(18-12-37-39(6)15-18)25(19)29(41)38-23-11-17-10-20(27(34)26(33)22(17)14-35-23)21-13-36-30-28(16(21)2)40(8-9-43-30)31(42)44-32(3,4)5/h10-15,19,24-25H,7-9H2,1-6H3,(H,35,38,41)/t19-,24?,25-/m0/s1. The molecule has 1 saturated carbocycles. The van der Waals surface area contributed by atoms with Crippen LogP contribution in [-0.4, -0.2) is 50.5 Å². The molecule has 1 aliphatic carbocycles. The van der Waals surface area contributed by atoms with Crippen LogP contribution in [0.1, 0.15) is 51.2 Å². The summed E-state index contributed by atoms with van der Waals surface area (Å²) < 4.78 is 28.9. The van der Waals surface area contributed by atoms with E-state index in [9.17, 15) is 9.59 Å². The molecule has 2 amide bonds. The minimum atomic E-state index is -0.704. The highest BCUT2D eigenvalue weighted by Gasteiger charge is 2.54. The normalized spacial score (nSPS) is 19.4. The first-order valence-electron chi connectivity index (χ1n) is 14.6. The Balaban J connectivity index is 1.33. The third kappa shape index (κ3) is 5.34. The molecule has 1 fully saturated rings. The molecule has 6 rings (SSSR count). The smallest absolute Gasteiger partial charge is 0.415 e. The highest BCUT2D eigenvalue weighted by Crippen LogP contribution is 2.56. The van der Waals surface area contributed by atoms with E-state index in [-0.39, 0.29) is 53.3 Å². The second kappa shape index (κ2) is 11.0. The molecular formula is C32H34ClFN6O4. The molecule has 0 saturated heterocycles. The number of rotatable bonds is 5. The lowest BCUT2D eigenvalue weighted by atomic mass is 9.97. The van der Waals surface area contributed by atoms with Gasteiger partial charge in [0.25, 0.3) is 0 Å². The van der Waals surface area contributed by atoms with Crippen LogP contribution in [0.25, 0.3) is 21.9 Å². The largest absolute Gasteiger partial charge is 0.474 e. The van der Waals surface area contributed by atoms with E-state index in [1.165, 1.54) is 17.3 Å². The fraction of sp³-hybridized carbons (Fsp3) is 0.406. The number of amides is 2. The van der Waals surface area contributed by atoms with Crippen LogP contribution in [0.15, 0.2) is 36.9 Å². The van der Waals surface area contributed by atoms with Crippen molar-refractivity contribution in [3.63, 3.8) is 0 Å². The van der Waals surface area contributed by atoms with Gasteiger partial charge in [0.1, 0.15) is 29.5 Å². The van der Waals surface area contributed by atoms with Crippen molar-refractivity contribution in [3.8, 4) is 17.0 Å². The number of benzene rings is 1. The van der Waals surface area contributed by atoms with Crippen LogP contribution < -0.4 is 15.0 Å². The average molecular weight is 621 g/mol. The number of nitrogens with zero attached hydrogens (tertiary/aromatic N) is 5. The average Bonchev–Trinajstić information content (AvgIpc) is 3.56. The molecule has 2 aliphatic rings. The summed E-state index contributed by atoms with van der Waals surface area (Å²) in [5.41, 5.74) is 1.97. The molecule has 230 valence electrons. The molecule has 0 radical (unpaired) electrons. The number of carbonyl (C=O) groups excluding carboxylic acids is 2. The number of pyridine rings is 2. The summed E-state index contributed by atoms with van der Waals surface area (Å²) in [6.07, 6.45) is 7.05. The van der Waals surface area contributed by atoms with Crippen molar-refractivity contribution >= 4 is 45.9 Å². The lowest BCUT2D eigenvalue weighted by molar-refractivity contribution is -0.117. The Morgan fingerprint density at radius 2 is 1.95 bits per heavy atom. The summed E-state index contributed by atoms with van der Waals surface area (Å²) in [5, 5.41) is 8.08. The molecule has 3 aromatic heterocycles. The number of carbonyl (C=O) groups is 2.